The van der Waals surface area contributed by atoms with Crippen LogP contribution in [0.2, 0.25) is 5.02 Å². The normalized spacial score (nSPS) is 27.1. The number of ether oxygens (including phenoxy) is 1. The van der Waals surface area contributed by atoms with Gasteiger partial charge in [0.15, 0.2) is 0 Å². The maximum Gasteiger partial charge on any atom is 0.310 e. The van der Waals surface area contributed by atoms with E-state index in [4.69, 9.17) is 16.3 Å². The van der Waals surface area contributed by atoms with Crippen LogP contribution in [0.15, 0.2) is 18.3 Å². The quantitative estimate of drug-likeness (QED) is 0.539. The average Bonchev–Trinajstić information content (AvgIpc) is 3.42. The Labute approximate surface area is 238 Å². The standard InChI is InChI=1S/C29H36ClN5O5/c1-28(27(38)39)9-4-3-5-20(28)26(37)35-12-8-19-21(30)6-7-23(40-16-18-14-31-33(2)32-18)25(19)22(35)15-34-17-29(10-11-29)13-24(34)36/h6-7,14,20,22H,3-5,8-13,15-17H2,1-2H3,(H,38,39)/t20-,22+,28-/m0/s1. The van der Waals surface area contributed by atoms with Gasteiger partial charge in [0.25, 0.3) is 0 Å². The zero-order valence-electron chi connectivity index (χ0n) is 23.1. The number of carboxylic acids is 1. The monoisotopic (exact) mass is 569 g/mol. The number of rotatable bonds is 7. The molecule has 1 aromatic carbocycles. The highest BCUT2D eigenvalue weighted by atomic mass is 35.5. The molecule has 3 fully saturated rings. The predicted molar refractivity (Wildman–Crippen MR) is 146 cm³/mol. The number of carbonyl (C=O) groups is 3. The lowest BCUT2D eigenvalue weighted by molar-refractivity contribution is -0.162. The molecule has 2 aliphatic heterocycles. The van der Waals surface area contributed by atoms with Crippen molar-refractivity contribution in [2.75, 3.05) is 19.6 Å². The summed E-state index contributed by atoms with van der Waals surface area (Å²) in [5.74, 6) is -1.03. The van der Waals surface area contributed by atoms with E-state index in [-0.39, 0.29) is 23.8 Å². The predicted octanol–water partition coefficient (Wildman–Crippen LogP) is 3.77. The molecule has 1 aromatic heterocycles. The molecule has 1 saturated heterocycles. The van der Waals surface area contributed by atoms with Gasteiger partial charge < -0.3 is 19.6 Å². The van der Waals surface area contributed by atoms with Gasteiger partial charge in [-0.05, 0) is 62.1 Å². The molecule has 2 aliphatic carbocycles. The minimum Gasteiger partial charge on any atom is -0.487 e. The molecule has 6 rings (SSSR count). The van der Waals surface area contributed by atoms with E-state index in [2.05, 4.69) is 10.2 Å². The fraction of sp³-hybridized carbons (Fsp3) is 0.621. The Hall–Kier alpha value is -3.14. The summed E-state index contributed by atoms with van der Waals surface area (Å²) in [6, 6.07) is 3.13. The molecular weight excluding hydrogens is 534 g/mol. The van der Waals surface area contributed by atoms with Gasteiger partial charge in [0.2, 0.25) is 11.8 Å². The first-order valence-corrected chi connectivity index (χ1v) is 14.6. The Kier molecular flexibility index (Phi) is 6.79. The lowest BCUT2D eigenvalue weighted by atomic mass is 9.66. The van der Waals surface area contributed by atoms with E-state index in [1.807, 2.05) is 21.9 Å². The Morgan fingerprint density at radius 1 is 1.23 bits per heavy atom. The smallest absolute Gasteiger partial charge is 0.310 e. The van der Waals surface area contributed by atoms with E-state index in [0.29, 0.717) is 61.8 Å². The summed E-state index contributed by atoms with van der Waals surface area (Å²) < 4.78 is 6.28. The molecule has 0 radical (unpaired) electrons. The summed E-state index contributed by atoms with van der Waals surface area (Å²) in [5.41, 5.74) is 1.32. The molecule has 4 aliphatic rings. The maximum absolute atomic E-state index is 14.3. The number of aryl methyl sites for hydroxylation is 1. The summed E-state index contributed by atoms with van der Waals surface area (Å²) in [6.07, 6.45) is 7.43. The number of likely N-dealkylation sites (tertiary alicyclic amines) is 1. The molecule has 2 aromatic rings. The third-order valence-corrected chi connectivity index (χ3v) is 9.98. The first-order valence-electron chi connectivity index (χ1n) is 14.2. The Balaban J connectivity index is 1.38. The number of fused-ring (bicyclic) bond motifs is 1. The molecule has 3 heterocycles. The maximum atomic E-state index is 14.3. The lowest BCUT2D eigenvalue weighted by Gasteiger charge is -2.45. The van der Waals surface area contributed by atoms with Crippen molar-refractivity contribution in [1.29, 1.82) is 0 Å². The molecule has 10 nitrogen and oxygen atoms in total. The van der Waals surface area contributed by atoms with Crippen LogP contribution in [-0.2, 0) is 34.5 Å². The van der Waals surface area contributed by atoms with Gasteiger partial charge in [0, 0.05) is 43.7 Å². The van der Waals surface area contributed by atoms with E-state index in [1.165, 1.54) is 4.80 Å². The van der Waals surface area contributed by atoms with Crippen LogP contribution in [0.25, 0.3) is 0 Å². The number of aliphatic carboxylic acids is 1. The number of halogens is 1. The number of aromatic nitrogens is 3. The van der Waals surface area contributed by atoms with Gasteiger partial charge in [0.1, 0.15) is 18.1 Å². The summed E-state index contributed by atoms with van der Waals surface area (Å²) in [5, 5.41) is 19.2. The zero-order chi connectivity index (χ0) is 28.2. The van der Waals surface area contributed by atoms with Crippen LogP contribution < -0.4 is 4.74 Å². The third kappa shape index (κ3) is 4.74. The van der Waals surface area contributed by atoms with Gasteiger partial charge in [-0.1, -0.05) is 24.4 Å². The van der Waals surface area contributed by atoms with E-state index < -0.39 is 23.3 Å². The van der Waals surface area contributed by atoms with Crippen molar-refractivity contribution in [2.45, 2.75) is 70.9 Å². The summed E-state index contributed by atoms with van der Waals surface area (Å²) in [4.78, 5) is 45.0. The SMILES string of the molecule is Cn1ncc(COc2ccc(Cl)c3c2[C@@H](CN2CC4(CC4)CC2=O)N(C(=O)[C@@H]2CCCC[C@]2(C)C(=O)O)CC3)n1. The van der Waals surface area contributed by atoms with E-state index in [0.717, 1.165) is 36.8 Å². The largest absolute Gasteiger partial charge is 0.487 e. The summed E-state index contributed by atoms with van der Waals surface area (Å²) >= 11 is 6.72. The number of carboxylic acid groups (broad SMARTS) is 1. The molecule has 2 amide bonds. The van der Waals surface area contributed by atoms with Gasteiger partial charge in [0.05, 0.1) is 23.6 Å². The van der Waals surface area contributed by atoms with Crippen LogP contribution in [0.5, 0.6) is 5.75 Å². The lowest BCUT2D eigenvalue weighted by Crippen LogP contribution is -2.52. The van der Waals surface area contributed by atoms with Gasteiger partial charge >= 0.3 is 5.97 Å². The molecule has 1 spiro atoms. The van der Waals surface area contributed by atoms with Gasteiger partial charge in [-0.2, -0.15) is 15.0 Å². The van der Waals surface area contributed by atoms with Gasteiger partial charge in [-0.25, -0.2) is 0 Å². The fourth-order valence-corrected chi connectivity index (χ4v) is 7.28. The number of nitrogens with zero attached hydrogens (tertiary/aromatic N) is 5. The van der Waals surface area contributed by atoms with Crippen LogP contribution in [0.3, 0.4) is 0 Å². The summed E-state index contributed by atoms with van der Waals surface area (Å²) in [6.45, 7) is 3.32. The first-order chi connectivity index (χ1) is 19.1. The molecule has 214 valence electrons. The fourth-order valence-electron chi connectivity index (χ4n) is 7.02. The van der Waals surface area contributed by atoms with Crippen LogP contribution in [-0.4, -0.2) is 67.3 Å². The van der Waals surface area contributed by atoms with Crippen LogP contribution in [0.4, 0.5) is 0 Å². The van der Waals surface area contributed by atoms with Gasteiger partial charge in [-0.15, -0.1) is 0 Å². The number of hydrogen-bond acceptors (Lipinski definition) is 6. The zero-order valence-corrected chi connectivity index (χ0v) is 23.8. The number of hydrogen-bond donors (Lipinski definition) is 1. The number of carbonyl (C=O) groups excluding carboxylic acids is 2. The molecule has 40 heavy (non-hydrogen) atoms. The molecule has 11 heteroatoms. The average molecular weight is 570 g/mol. The molecular formula is C29H36ClN5O5. The van der Waals surface area contributed by atoms with Crippen molar-refractivity contribution < 1.29 is 24.2 Å². The second-order valence-corrected chi connectivity index (χ2v) is 12.7. The Morgan fingerprint density at radius 3 is 2.70 bits per heavy atom. The minimum atomic E-state index is -1.12. The topological polar surface area (TPSA) is 118 Å². The van der Waals surface area contributed by atoms with Crippen molar-refractivity contribution in [3.05, 3.63) is 40.2 Å². The number of benzene rings is 1. The number of amides is 2. The Bertz CT molecular complexity index is 1360. The highest BCUT2D eigenvalue weighted by Crippen LogP contribution is 2.54. The van der Waals surface area contributed by atoms with Crippen LogP contribution in [0.1, 0.15) is 74.7 Å². The minimum absolute atomic E-state index is 0.0777. The van der Waals surface area contributed by atoms with Gasteiger partial charge in [-0.3, -0.25) is 14.4 Å². The second-order valence-electron chi connectivity index (χ2n) is 12.3. The van der Waals surface area contributed by atoms with Crippen molar-refractivity contribution in [2.24, 2.45) is 23.8 Å². The van der Waals surface area contributed by atoms with Crippen molar-refractivity contribution in [3.8, 4) is 5.75 Å². The van der Waals surface area contributed by atoms with E-state index >= 15 is 0 Å². The molecule has 0 bridgehead atoms. The molecule has 0 unspecified atom stereocenters. The van der Waals surface area contributed by atoms with Crippen molar-refractivity contribution in [1.82, 2.24) is 24.8 Å². The third-order valence-electron chi connectivity index (χ3n) is 9.63. The molecule has 1 N–H and O–H groups in total. The Morgan fingerprint density at radius 2 is 2.02 bits per heavy atom. The van der Waals surface area contributed by atoms with Crippen molar-refractivity contribution >= 4 is 29.4 Å². The van der Waals surface area contributed by atoms with Crippen LogP contribution in [0, 0.1) is 16.7 Å². The summed E-state index contributed by atoms with van der Waals surface area (Å²) in [7, 11) is 1.74. The molecule has 2 saturated carbocycles. The molecule has 3 atom stereocenters. The van der Waals surface area contributed by atoms with Crippen LogP contribution >= 0.6 is 11.6 Å². The highest BCUT2D eigenvalue weighted by Gasteiger charge is 2.53. The van der Waals surface area contributed by atoms with Crippen molar-refractivity contribution in [3.63, 3.8) is 0 Å². The first kappa shape index (κ1) is 27.1. The highest BCUT2D eigenvalue weighted by molar-refractivity contribution is 6.31. The second kappa shape index (κ2) is 10.0. The van der Waals surface area contributed by atoms with E-state index in [9.17, 15) is 19.5 Å². The van der Waals surface area contributed by atoms with E-state index in [1.54, 1.807) is 20.2 Å².